The molecule has 0 heterocycles. The Morgan fingerprint density at radius 1 is 1.45 bits per heavy atom. The van der Waals surface area contributed by atoms with Gasteiger partial charge < -0.3 is 20.3 Å². The van der Waals surface area contributed by atoms with Crippen LogP contribution in [0.25, 0.3) is 0 Å². The molecule has 20 heavy (non-hydrogen) atoms. The molecule has 0 spiro atoms. The number of ether oxygens (including phenoxy) is 1. The molecule has 116 valence electrons. The monoisotopic (exact) mass is 287 g/mol. The molecular formula is C14H25NO5. The van der Waals surface area contributed by atoms with E-state index in [1.807, 2.05) is 0 Å². The van der Waals surface area contributed by atoms with Crippen molar-refractivity contribution in [2.75, 3.05) is 0 Å². The van der Waals surface area contributed by atoms with Gasteiger partial charge in [0.15, 0.2) is 0 Å². The summed E-state index contributed by atoms with van der Waals surface area (Å²) in [6, 6.07) is -0.276. The smallest absolute Gasteiger partial charge is 0.407 e. The molecule has 1 rings (SSSR count). The van der Waals surface area contributed by atoms with Crippen molar-refractivity contribution in [3.63, 3.8) is 0 Å². The number of amides is 1. The molecule has 0 aromatic heterocycles. The Kier molecular flexibility index (Phi) is 5.02. The first-order valence-electron chi connectivity index (χ1n) is 7.01. The van der Waals surface area contributed by atoms with Crippen molar-refractivity contribution in [1.82, 2.24) is 5.32 Å². The van der Waals surface area contributed by atoms with Gasteiger partial charge in [-0.3, -0.25) is 4.79 Å². The molecule has 1 saturated carbocycles. The summed E-state index contributed by atoms with van der Waals surface area (Å²) in [6.07, 6.45) is 0.0581. The molecule has 0 aromatic carbocycles. The maximum Gasteiger partial charge on any atom is 0.407 e. The van der Waals surface area contributed by atoms with Crippen LogP contribution in [0.4, 0.5) is 4.79 Å². The fourth-order valence-electron chi connectivity index (χ4n) is 2.70. The Hall–Kier alpha value is -1.30. The van der Waals surface area contributed by atoms with Crippen molar-refractivity contribution >= 4 is 12.1 Å². The van der Waals surface area contributed by atoms with Crippen LogP contribution in [0.2, 0.25) is 0 Å². The Labute approximate surface area is 119 Å². The fourth-order valence-corrected chi connectivity index (χ4v) is 2.70. The SMILES string of the molecule is CCC(O)C1(C(=O)O)CC[C@@H](NC(=O)OC(C)(C)C)C1. The number of alkyl carbamates (subject to hydrolysis) is 1. The van der Waals surface area contributed by atoms with Crippen LogP contribution in [0.1, 0.15) is 53.4 Å². The minimum atomic E-state index is -1.16. The molecule has 2 unspecified atom stereocenters. The highest BCUT2D eigenvalue weighted by atomic mass is 16.6. The molecule has 0 bridgehead atoms. The molecule has 0 radical (unpaired) electrons. The summed E-state index contributed by atoms with van der Waals surface area (Å²) >= 11 is 0. The van der Waals surface area contributed by atoms with Crippen molar-refractivity contribution in [2.24, 2.45) is 5.41 Å². The molecule has 6 nitrogen and oxygen atoms in total. The second-order valence-electron chi connectivity index (χ2n) is 6.47. The molecule has 3 atom stereocenters. The van der Waals surface area contributed by atoms with E-state index in [1.54, 1.807) is 27.7 Å². The summed E-state index contributed by atoms with van der Waals surface area (Å²) in [5, 5.41) is 22.1. The second kappa shape index (κ2) is 5.99. The van der Waals surface area contributed by atoms with E-state index >= 15 is 0 Å². The number of hydrogen-bond donors (Lipinski definition) is 3. The number of nitrogens with one attached hydrogen (secondary N) is 1. The van der Waals surface area contributed by atoms with Gasteiger partial charge >= 0.3 is 12.1 Å². The highest BCUT2D eigenvalue weighted by Gasteiger charge is 2.50. The van der Waals surface area contributed by atoms with Crippen LogP contribution in [0.5, 0.6) is 0 Å². The zero-order valence-electron chi connectivity index (χ0n) is 12.6. The van der Waals surface area contributed by atoms with Crippen LogP contribution in [0, 0.1) is 5.41 Å². The molecule has 1 aliphatic rings. The maximum absolute atomic E-state index is 11.7. The largest absolute Gasteiger partial charge is 0.481 e. The number of carbonyl (C=O) groups is 2. The topological polar surface area (TPSA) is 95.9 Å². The van der Waals surface area contributed by atoms with Crippen molar-refractivity contribution in [2.45, 2.75) is 71.1 Å². The molecule has 3 N–H and O–H groups in total. The number of aliphatic hydroxyl groups excluding tert-OH is 1. The minimum absolute atomic E-state index is 0.233. The van der Waals surface area contributed by atoms with Gasteiger partial charge in [0.2, 0.25) is 0 Å². The van der Waals surface area contributed by atoms with Crippen molar-refractivity contribution in [3.05, 3.63) is 0 Å². The van der Waals surface area contributed by atoms with Crippen LogP contribution in [0.3, 0.4) is 0 Å². The lowest BCUT2D eigenvalue weighted by atomic mass is 9.79. The van der Waals surface area contributed by atoms with Gasteiger partial charge in [-0.2, -0.15) is 0 Å². The van der Waals surface area contributed by atoms with Gasteiger partial charge in [0.1, 0.15) is 5.60 Å². The quantitative estimate of drug-likeness (QED) is 0.734. The molecular weight excluding hydrogens is 262 g/mol. The minimum Gasteiger partial charge on any atom is -0.481 e. The van der Waals surface area contributed by atoms with Crippen LogP contribution in [-0.4, -0.2) is 40.0 Å². The summed E-state index contributed by atoms with van der Waals surface area (Å²) in [6.45, 7) is 7.06. The lowest BCUT2D eigenvalue weighted by Crippen LogP contribution is -2.43. The average Bonchev–Trinajstić information content (AvgIpc) is 2.70. The van der Waals surface area contributed by atoms with E-state index < -0.39 is 29.2 Å². The normalized spacial score (nSPS) is 27.9. The fraction of sp³-hybridized carbons (Fsp3) is 0.857. The Morgan fingerprint density at radius 2 is 2.05 bits per heavy atom. The van der Waals surface area contributed by atoms with Gasteiger partial charge in [-0.15, -0.1) is 0 Å². The predicted octanol–water partition coefficient (Wildman–Crippen LogP) is 1.91. The van der Waals surface area contributed by atoms with Gasteiger partial charge in [0, 0.05) is 6.04 Å². The highest BCUT2D eigenvalue weighted by molar-refractivity contribution is 5.76. The van der Waals surface area contributed by atoms with Crippen molar-refractivity contribution in [1.29, 1.82) is 0 Å². The first-order valence-corrected chi connectivity index (χ1v) is 7.01. The number of aliphatic hydroxyl groups is 1. The third-order valence-electron chi connectivity index (χ3n) is 3.72. The maximum atomic E-state index is 11.7. The number of rotatable bonds is 4. The number of carboxylic acid groups (broad SMARTS) is 1. The molecule has 1 aliphatic carbocycles. The van der Waals surface area contributed by atoms with Crippen LogP contribution in [-0.2, 0) is 9.53 Å². The molecule has 1 fully saturated rings. The second-order valence-corrected chi connectivity index (χ2v) is 6.47. The predicted molar refractivity (Wildman–Crippen MR) is 73.4 cm³/mol. The van der Waals surface area contributed by atoms with Crippen LogP contribution < -0.4 is 5.32 Å². The van der Waals surface area contributed by atoms with Gasteiger partial charge in [0.25, 0.3) is 0 Å². The van der Waals surface area contributed by atoms with Crippen LogP contribution >= 0.6 is 0 Å². The number of carboxylic acids is 1. The van der Waals surface area contributed by atoms with Crippen LogP contribution in [0.15, 0.2) is 0 Å². The van der Waals surface area contributed by atoms with E-state index in [0.29, 0.717) is 19.3 Å². The summed E-state index contributed by atoms with van der Waals surface area (Å²) < 4.78 is 5.16. The number of hydrogen-bond acceptors (Lipinski definition) is 4. The Bertz CT molecular complexity index is 376. The van der Waals surface area contributed by atoms with E-state index in [9.17, 15) is 19.8 Å². The van der Waals surface area contributed by atoms with Gasteiger partial charge in [-0.1, -0.05) is 6.92 Å². The van der Waals surface area contributed by atoms with Crippen molar-refractivity contribution in [3.8, 4) is 0 Å². The van der Waals surface area contributed by atoms with Crippen molar-refractivity contribution < 1.29 is 24.5 Å². The number of carbonyl (C=O) groups excluding carboxylic acids is 1. The first kappa shape index (κ1) is 16.8. The molecule has 6 heteroatoms. The van der Waals surface area contributed by atoms with E-state index in [0.717, 1.165) is 0 Å². The number of aliphatic carboxylic acids is 1. The van der Waals surface area contributed by atoms with E-state index in [4.69, 9.17) is 4.74 Å². The summed E-state index contributed by atoms with van der Waals surface area (Å²) in [5.74, 6) is -1.000. The summed E-state index contributed by atoms with van der Waals surface area (Å²) in [7, 11) is 0. The van der Waals surface area contributed by atoms with E-state index in [-0.39, 0.29) is 12.5 Å². The van der Waals surface area contributed by atoms with E-state index in [1.165, 1.54) is 0 Å². The highest BCUT2D eigenvalue weighted by Crippen LogP contribution is 2.42. The molecule has 1 amide bonds. The average molecular weight is 287 g/mol. The third kappa shape index (κ3) is 3.85. The van der Waals surface area contributed by atoms with Gasteiger partial charge in [0.05, 0.1) is 11.5 Å². The zero-order chi connectivity index (χ0) is 15.6. The summed E-state index contributed by atoms with van der Waals surface area (Å²) in [4.78, 5) is 23.2. The van der Waals surface area contributed by atoms with Gasteiger partial charge in [-0.05, 0) is 46.5 Å². The third-order valence-corrected chi connectivity index (χ3v) is 3.72. The Morgan fingerprint density at radius 3 is 2.50 bits per heavy atom. The van der Waals surface area contributed by atoms with Gasteiger partial charge in [-0.25, -0.2) is 4.79 Å². The lowest BCUT2D eigenvalue weighted by molar-refractivity contribution is -0.156. The molecule has 0 aliphatic heterocycles. The summed E-state index contributed by atoms with van der Waals surface area (Å²) in [5.41, 5.74) is -1.75. The molecule has 0 aromatic rings. The first-order chi connectivity index (χ1) is 9.10. The van der Waals surface area contributed by atoms with E-state index in [2.05, 4.69) is 5.32 Å². The standard InChI is InChI=1S/C14H25NO5/c1-5-10(16)14(11(17)18)7-6-9(8-14)15-12(19)20-13(2,3)4/h9-10,16H,5-8H2,1-4H3,(H,15,19)(H,17,18)/t9-,10?,14?/m1/s1. The molecule has 0 saturated heterocycles. The lowest BCUT2D eigenvalue weighted by Gasteiger charge is -2.29. The Balaban J connectivity index is 2.66. The zero-order valence-corrected chi connectivity index (χ0v) is 12.6.